The summed E-state index contributed by atoms with van der Waals surface area (Å²) >= 11 is 0. The van der Waals surface area contributed by atoms with Gasteiger partial charge in [0.05, 0.1) is 13.2 Å². The SMILES string of the molecule is COCCNC(=O)CN[C@H](C)c1cccc(C)c1. The minimum absolute atomic E-state index is 0.00782. The zero-order valence-electron chi connectivity index (χ0n) is 11.3. The maximum absolute atomic E-state index is 11.5. The van der Waals surface area contributed by atoms with Crippen LogP contribution in [0.2, 0.25) is 0 Å². The van der Waals surface area contributed by atoms with Gasteiger partial charge in [0.1, 0.15) is 0 Å². The molecule has 1 aromatic carbocycles. The smallest absolute Gasteiger partial charge is 0.234 e. The van der Waals surface area contributed by atoms with E-state index in [4.69, 9.17) is 4.74 Å². The van der Waals surface area contributed by atoms with Crippen LogP contribution in [0.15, 0.2) is 24.3 Å². The fraction of sp³-hybridized carbons (Fsp3) is 0.500. The average Bonchev–Trinajstić information content (AvgIpc) is 2.36. The zero-order chi connectivity index (χ0) is 13.4. The van der Waals surface area contributed by atoms with Gasteiger partial charge >= 0.3 is 0 Å². The third-order valence-electron chi connectivity index (χ3n) is 2.74. The molecule has 0 saturated heterocycles. The van der Waals surface area contributed by atoms with Crippen LogP contribution >= 0.6 is 0 Å². The monoisotopic (exact) mass is 250 g/mol. The quantitative estimate of drug-likeness (QED) is 0.719. The number of benzene rings is 1. The molecule has 100 valence electrons. The molecule has 0 aliphatic carbocycles. The molecule has 1 rings (SSSR count). The molecule has 4 heteroatoms. The molecule has 1 atom stereocenters. The molecule has 0 fully saturated rings. The van der Waals surface area contributed by atoms with Gasteiger partial charge in [-0.3, -0.25) is 4.79 Å². The van der Waals surface area contributed by atoms with Crippen LogP contribution in [0, 0.1) is 6.92 Å². The first-order chi connectivity index (χ1) is 8.63. The van der Waals surface area contributed by atoms with Crippen molar-refractivity contribution in [3.8, 4) is 0 Å². The summed E-state index contributed by atoms with van der Waals surface area (Å²) < 4.78 is 4.87. The molecule has 0 saturated carbocycles. The fourth-order valence-electron chi connectivity index (χ4n) is 1.66. The summed E-state index contributed by atoms with van der Waals surface area (Å²) in [5.41, 5.74) is 2.42. The Kier molecular flexibility index (Phi) is 6.39. The van der Waals surface area contributed by atoms with Gasteiger partial charge < -0.3 is 15.4 Å². The number of amides is 1. The third-order valence-corrected chi connectivity index (χ3v) is 2.74. The highest BCUT2D eigenvalue weighted by Crippen LogP contribution is 2.13. The number of hydrogen-bond donors (Lipinski definition) is 2. The second kappa shape index (κ2) is 7.84. The highest BCUT2D eigenvalue weighted by atomic mass is 16.5. The van der Waals surface area contributed by atoms with Gasteiger partial charge in [-0.2, -0.15) is 0 Å². The predicted octanol–water partition coefficient (Wildman–Crippen LogP) is 1.41. The molecular formula is C14H22N2O2. The normalized spacial score (nSPS) is 12.2. The number of rotatable bonds is 7. The summed E-state index contributed by atoms with van der Waals surface area (Å²) in [6.07, 6.45) is 0. The third kappa shape index (κ3) is 5.29. The molecule has 4 nitrogen and oxygen atoms in total. The lowest BCUT2D eigenvalue weighted by atomic mass is 10.1. The standard InChI is InChI=1S/C14H22N2O2/c1-11-5-4-6-13(9-11)12(2)16-10-14(17)15-7-8-18-3/h4-6,9,12,16H,7-8,10H2,1-3H3,(H,15,17)/t12-/m1/s1. The minimum Gasteiger partial charge on any atom is -0.383 e. The van der Waals surface area contributed by atoms with E-state index in [9.17, 15) is 4.79 Å². The van der Waals surface area contributed by atoms with Crippen LogP contribution in [-0.4, -0.2) is 32.7 Å². The van der Waals surface area contributed by atoms with E-state index in [1.807, 2.05) is 6.07 Å². The number of hydrogen-bond acceptors (Lipinski definition) is 3. The Hall–Kier alpha value is -1.39. The van der Waals surface area contributed by atoms with Gasteiger partial charge in [0, 0.05) is 19.7 Å². The fourth-order valence-corrected chi connectivity index (χ4v) is 1.66. The zero-order valence-corrected chi connectivity index (χ0v) is 11.3. The van der Waals surface area contributed by atoms with Gasteiger partial charge in [-0.25, -0.2) is 0 Å². The van der Waals surface area contributed by atoms with E-state index in [0.29, 0.717) is 19.7 Å². The number of aryl methyl sites for hydroxylation is 1. The van der Waals surface area contributed by atoms with Crippen molar-refractivity contribution in [1.29, 1.82) is 0 Å². The lowest BCUT2D eigenvalue weighted by molar-refractivity contribution is -0.120. The molecule has 1 amide bonds. The van der Waals surface area contributed by atoms with Gasteiger partial charge in [-0.05, 0) is 19.4 Å². The van der Waals surface area contributed by atoms with Crippen LogP contribution in [0.4, 0.5) is 0 Å². The molecule has 0 heterocycles. The predicted molar refractivity (Wildman–Crippen MR) is 72.5 cm³/mol. The lowest BCUT2D eigenvalue weighted by Crippen LogP contribution is -2.36. The Morgan fingerprint density at radius 3 is 2.89 bits per heavy atom. The van der Waals surface area contributed by atoms with E-state index in [2.05, 4.69) is 42.7 Å². The molecule has 0 aliphatic heterocycles. The van der Waals surface area contributed by atoms with Crippen molar-refractivity contribution in [3.05, 3.63) is 35.4 Å². The lowest BCUT2D eigenvalue weighted by Gasteiger charge is -2.14. The van der Waals surface area contributed by atoms with Crippen molar-refractivity contribution in [2.45, 2.75) is 19.9 Å². The van der Waals surface area contributed by atoms with Crippen LogP contribution in [-0.2, 0) is 9.53 Å². The topological polar surface area (TPSA) is 50.4 Å². The largest absolute Gasteiger partial charge is 0.383 e. The first kappa shape index (κ1) is 14.7. The molecule has 0 aliphatic rings. The van der Waals surface area contributed by atoms with Gasteiger partial charge in [0.15, 0.2) is 0 Å². The van der Waals surface area contributed by atoms with E-state index < -0.39 is 0 Å². The number of carbonyl (C=O) groups excluding carboxylic acids is 1. The molecule has 0 unspecified atom stereocenters. The Labute approximate surface area is 109 Å². The molecule has 0 bridgehead atoms. The summed E-state index contributed by atoms with van der Waals surface area (Å²) in [4.78, 5) is 11.5. The molecule has 0 radical (unpaired) electrons. The van der Waals surface area contributed by atoms with Crippen molar-refractivity contribution in [3.63, 3.8) is 0 Å². The highest BCUT2D eigenvalue weighted by molar-refractivity contribution is 5.78. The second-order valence-electron chi connectivity index (χ2n) is 4.36. The van der Waals surface area contributed by atoms with Crippen LogP contribution < -0.4 is 10.6 Å². The Bertz CT molecular complexity index is 380. The minimum atomic E-state index is -0.00782. The van der Waals surface area contributed by atoms with Crippen molar-refractivity contribution >= 4 is 5.91 Å². The van der Waals surface area contributed by atoms with Crippen LogP contribution in [0.5, 0.6) is 0 Å². The molecule has 18 heavy (non-hydrogen) atoms. The van der Waals surface area contributed by atoms with Gasteiger partial charge in [0.25, 0.3) is 0 Å². The number of carbonyl (C=O) groups is 1. The first-order valence-electron chi connectivity index (χ1n) is 6.19. The molecule has 0 aromatic heterocycles. The van der Waals surface area contributed by atoms with E-state index >= 15 is 0 Å². The van der Waals surface area contributed by atoms with Crippen LogP contribution in [0.1, 0.15) is 24.1 Å². The Balaban J connectivity index is 2.32. The second-order valence-corrected chi connectivity index (χ2v) is 4.36. The van der Waals surface area contributed by atoms with Gasteiger partial charge in [-0.15, -0.1) is 0 Å². The first-order valence-corrected chi connectivity index (χ1v) is 6.19. The van der Waals surface area contributed by atoms with E-state index in [-0.39, 0.29) is 11.9 Å². The van der Waals surface area contributed by atoms with Gasteiger partial charge in [-0.1, -0.05) is 29.8 Å². The van der Waals surface area contributed by atoms with Gasteiger partial charge in [0.2, 0.25) is 5.91 Å². The number of methoxy groups -OCH3 is 1. The van der Waals surface area contributed by atoms with Crippen molar-refractivity contribution in [1.82, 2.24) is 10.6 Å². The summed E-state index contributed by atoms with van der Waals surface area (Å²) in [5.74, 6) is -0.00782. The Morgan fingerprint density at radius 2 is 2.22 bits per heavy atom. The Morgan fingerprint density at radius 1 is 1.44 bits per heavy atom. The van der Waals surface area contributed by atoms with Crippen LogP contribution in [0.3, 0.4) is 0 Å². The van der Waals surface area contributed by atoms with Crippen molar-refractivity contribution < 1.29 is 9.53 Å². The van der Waals surface area contributed by atoms with E-state index in [1.165, 1.54) is 11.1 Å². The van der Waals surface area contributed by atoms with E-state index in [0.717, 1.165) is 0 Å². The maximum Gasteiger partial charge on any atom is 0.234 e. The summed E-state index contributed by atoms with van der Waals surface area (Å²) in [7, 11) is 1.62. The summed E-state index contributed by atoms with van der Waals surface area (Å²) in [6.45, 7) is 5.53. The number of nitrogens with one attached hydrogen (secondary N) is 2. The maximum atomic E-state index is 11.5. The average molecular weight is 250 g/mol. The highest BCUT2D eigenvalue weighted by Gasteiger charge is 2.07. The van der Waals surface area contributed by atoms with E-state index in [1.54, 1.807) is 7.11 Å². The number of ether oxygens (including phenoxy) is 1. The van der Waals surface area contributed by atoms with Crippen molar-refractivity contribution in [2.24, 2.45) is 0 Å². The molecule has 2 N–H and O–H groups in total. The molecular weight excluding hydrogens is 228 g/mol. The molecule has 1 aromatic rings. The van der Waals surface area contributed by atoms with Crippen molar-refractivity contribution in [2.75, 3.05) is 26.8 Å². The summed E-state index contributed by atoms with van der Waals surface area (Å²) in [6, 6.07) is 8.45. The molecule has 0 spiro atoms. The van der Waals surface area contributed by atoms with Crippen LogP contribution in [0.25, 0.3) is 0 Å². The summed E-state index contributed by atoms with van der Waals surface area (Å²) in [5, 5.41) is 5.98.